The Labute approximate surface area is 72.0 Å². The summed E-state index contributed by atoms with van der Waals surface area (Å²) >= 11 is 0. The molecule has 0 radical (unpaired) electrons. The van der Waals surface area contributed by atoms with Gasteiger partial charge < -0.3 is 0 Å². The summed E-state index contributed by atoms with van der Waals surface area (Å²) < 4.78 is 0. The van der Waals surface area contributed by atoms with Gasteiger partial charge in [0.2, 0.25) is 0 Å². The molecule has 0 N–H and O–H groups in total. The predicted molar refractivity (Wildman–Crippen MR) is 48.9 cm³/mol. The fourth-order valence-electron chi connectivity index (χ4n) is 0.898. The number of carbonyl (C=O) groups excluding carboxylic acids is 1. The Balaban J connectivity index is 2.54. The largest absolute Gasteiger partial charge is 0.298 e. The molecule has 0 amide bonds. The molecule has 0 saturated carbocycles. The van der Waals surface area contributed by atoms with E-state index in [0.717, 1.165) is 12.7 Å². The first-order chi connectivity index (χ1) is 5.93. The minimum atomic E-state index is 0.724. The van der Waals surface area contributed by atoms with Crippen LogP contribution in [0.2, 0.25) is 0 Å². The summed E-state index contributed by atoms with van der Waals surface area (Å²) in [7, 11) is 0. The highest BCUT2D eigenvalue weighted by molar-refractivity contribution is 5.64. The molecule has 1 rings (SSSR count). The van der Waals surface area contributed by atoms with Crippen molar-refractivity contribution < 1.29 is 4.79 Å². The van der Waals surface area contributed by atoms with E-state index >= 15 is 0 Å². The lowest BCUT2D eigenvalue weighted by atomic mass is 10.1. The third kappa shape index (κ3) is 3.00. The van der Waals surface area contributed by atoms with Gasteiger partial charge >= 0.3 is 0 Å². The minimum absolute atomic E-state index is 0.724. The van der Waals surface area contributed by atoms with Crippen molar-refractivity contribution in [1.29, 1.82) is 0 Å². The summed E-state index contributed by atoms with van der Waals surface area (Å²) in [4.78, 5) is 9.88. The average Bonchev–Trinajstić information content (AvgIpc) is 2.14. The van der Waals surface area contributed by atoms with Crippen LogP contribution in [0.15, 0.2) is 48.2 Å². The molecule has 0 heterocycles. The Morgan fingerprint density at radius 2 is 2.00 bits per heavy atom. The first kappa shape index (κ1) is 8.51. The van der Waals surface area contributed by atoms with Crippen molar-refractivity contribution in [1.82, 2.24) is 0 Å². The highest BCUT2D eigenvalue weighted by Gasteiger charge is 1.83. The smallest absolute Gasteiger partial charge is 0.150 e. The molecular weight excluding hydrogens is 148 g/mol. The number of rotatable bonds is 3. The molecule has 12 heavy (non-hydrogen) atoms. The second-order valence-electron chi connectivity index (χ2n) is 2.36. The summed E-state index contributed by atoms with van der Waals surface area (Å²) in [6.45, 7) is 0. The molecule has 0 saturated heterocycles. The molecule has 0 aliphatic rings. The molecule has 0 spiro atoms. The Morgan fingerprint density at radius 1 is 1.25 bits per heavy atom. The normalized spacial score (nSPS) is 8.33. The van der Waals surface area contributed by atoms with Crippen LogP contribution in [0.1, 0.15) is 5.56 Å². The van der Waals surface area contributed by atoms with Crippen molar-refractivity contribution in [3.63, 3.8) is 0 Å². The van der Waals surface area contributed by atoms with Gasteiger partial charge in [-0.05, 0) is 18.1 Å². The van der Waals surface area contributed by atoms with Crippen molar-refractivity contribution in [2.45, 2.75) is 6.42 Å². The van der Waals surface area contributed by atoms with Crippen LogP contribution < -0.4 is 0 Å². The molecule has 1 aromatic rings. The van der Waals surface area contributed by atoms with E-state index in [1.165, 1.54) is 11.6 Å². The quantitative estimate of drug-likeness (QED) is 0.374. The molecule has 0 aromatic heterocycles. The van der Waals surface area contributed by atoms with E-state index in [-0.39, 0.29) is 0 Å². The van der Waals surface area contributed by atoms with E-state index in [0.29, 0.717) is 0 Å². The van der Waals surface area contributed by atoms with Crippen LogP contribution >= 0.6 is 0 Å². The zero-order valence-corrected chi connectivity index (χ0v) is 6.73. The highest BCUT2D eigenvalue weighted by Crippen LogP contribution is 1.98. The average molecular weight is 158 g/mol. The van der Waals surface area contributed by atoms with E-state index < -0.39 is 0 Å². The van der Waals surface area contributed by atoms with Gasteiger partial charge in [-0.1, -0.05) is 30.3 Å². The van der Waals surface area contributed by atoms with Crippen LogP contribution in [0.3, 0.4) is 0 Å². The van der Waals surface area contributed by atoms with Gasteiger partial charge in [-0.2, -0.15) is 0 Å². The maximum atomic E-state index is 9.88. The fourth-order valence-corrected chi connectivity index (χ4v) is 0.898. The van der Waals surface area contributed by atoms with Gasteiger partial charge in [0.1, 0.15) is 0 Å². The van der Waals surface area contributed by atoms with E-state index in [9.17, 15) is 4.79 Å². The summed E-state index contributed by atoms with van der Waals surface area (Å²) in [6.07, 6.45) is 4.75. The lowest BCUT2D eigenvalue weighted by molar-refractivity contribution is -0.104. The molecule has 60 valence electrons. The first-order valence-corrected chi connectivity index (χ1v) is 3.82. The van der Waals surface area contributed by atoms with E-state index in [1.807, 2.05) is 36.4 Å². The predicted octanol–water partition coefficient (Wildman–Crippen LogP) is 2.14. The molecule has 1 heteroatoms. The van der Waals surface area contributed by atoms with Crippen molar-refractivity contribution in [2.75, 3.05) is 0 Å². The standard InChI is InChI=1S/C11H10O/c12-10-6-2-5-9-11-7-3-1-4-8-11/h1,3-8,10H,9H2. The van der Waals surface area contributed by atoms with Gasteiger partial charge in [0.25, 0.3) is 0 Å². The Morgan fingerprint density at radius 3 is 2.67 bits per heavy atom. The molecule has 0 unspecified atom stereocenters. The van der Waals surface area contributed by atoms with Crippen molar-refractivity contribution in [2.24, 2.45) is 0 Å². The molecular formula is C11H10O. The molecule has 1 aromatic carbocycles. The van der Waals surface area contributed by atoms with Crippen molar-refractivity contribution in [3.8, 4) is 0 Å². The molecule has 0 atom stereocenters. The van der Waals surface area contributed by atoms with Crippen LogP contribution in [0.25, 0.3) is 0 Å². The highest BCUT2D eigenvalue weighted by atomic mass is 16.1. The second-order valence-corrected chi connectivity index (χ2v) is 2.36. The lowest BCUT2D eigenvalue weighted by Crippen LogP contribution is -1.76. The number of benzene rings is 1. The summed E-state index contributed by atoms with van der Waals surface area (Å²) in [6, 6.07) is 10.0. The minimum Gasteiger partial charge on any atom is -0.298 e. The summed E-state index contributed by atoms with van der Waals surface area (Å²) in [5, 5.41) is 0. The van der Waals surface area contributed by atoms with Gasteiger partial charge in [0.15, 0.2) is 6.29 Å². The Hall–Kier alpha value is -1.59. The fraction of sp³-hybridized carbons (Fsp3) is 0.0909. The molecule has 0 aliphatic heterocycles. The summed E-state index contributed by atoms with van der Waals surface area (Å²) in [5.74, 6) is 0. The number of hydrogen-bond acceptors (Lipinski definition) is 1. The molecule has 0 aliphatic carbocycles. The Kier molecular flexibility index (Phi) is 3.62. The van der Waals surface area contributed by atoms with Gasteiger partial charge in [0.05, 0.1) is 0 Å². The van der Waals surface area contributed by atoms with E-state index in [4.69, 9.17) is 0 Å². The van der Waals surface area contributed by atoms with E-state index in [1.54, 1.807) is 0 Å². The van der Waals surface area contributed by atoms with Crippen LogP contribution in [-0.4, -0.2) is 6.29 Å². The van der Waals surface area contributed by atoms with Gasteiger partial charge in [0, 0.05) is 6.08 Å². The van der Waals surface area contributed by atoms with Crippen LogP contribution in [0.4, 0.5) is 0 Å². The van der Waals surface area contributed by atoms with Crippen LogP contribution in [0.5, 0.6) is 0 Å². The third-order valence-electron chi connectivity index (χ3n) is 1.46. The zero-order chi connectivity index (χ0) is 8.65. The third-order valence-corrected chi connectivity index (χ3v) is 1.46. The first-order valence-electron chi connectivity index (χ1n) is 3.82. The van der Waals surface area contributed by atoms with E-state index in [2.05, 4.69) is 5.73 Å². The van der Waals surface area contributed by atoms with Crippen LogP contribution in [0, 0.1) is 0 Å². The Bertz CT molecular complexity index is 292. The number of allylic oxidation sites excluding steroid dienone is 1. The second kappa shape index (κ2) is 5.11. The number of aldehydes is 1. The lowest BCUT2D eigenvalue weighted by Gasteiger charge is -1.91. The number of hydrogen-bond donors (Lipinski definition) is 0. The monoisotopic (exact) mass is 158 g/mol. The topological polar surface area (TPSA) is 17.1 Å². The SMILES string of the molecule is O=CC=C=CCc1ccccc1. The maximum Gasteiger partial charge on any atom is 0.150 e. The molecule has 0 bridgehead atoms. The maximum absolute atomic E-state index is 9.88. The van der Waals surface area contributed by atoms with Gasteiger partial charge in [-0.15, -0.1) is 5.73 Å². The summed E-state index contributed by atoms with van der Waals surface area (Å²) in [5.41, 5.74) is 3.99. The molecule has 1 nitrogen and oxygen atoms in total. The zero-order valence-electron chi connectivity index (χ0n) is 6.73. The van der Waals surface area contributed by atoms with Gasteiger partial charge in [-0.3, -0.25) is 4.79 Å². The molecule has 0 fully saturated rings. The van der Waals surface area contributed by atoms with Crippen molar-refractivity contribution >= 4 is 6.29 Å². The van der Waals surface area contributed by atoms with Crippen LogP contribution in [-0.2, 0) is 11.2 Å². The van der Waals surface area contributed by atoms with Gasteiger partial charge in [-0.25, -0.2) is 0 Å². The van der Waals surface area contributed by atoms with Crippen molar-refractivity contribution in [3.05, 3.63) is 53.8 Å². The number of carbonyl (C=O) groups is 1.